The third kappa shape index (κ3) is 5.93. The molecule has 0 atom stereocenters. The Labute approximate surface area is 162 Å². The number of amides is 2. The number of non-ortho nitro benzene ring substituents is 1. The quantitative estimate of drug-likeness (QED) is 0.383. The molecule has 2 amide bonds. The lowest BCUT2D eigenvalue weighted by atomic mass is 10.1. The number of esters is 1. The predicted molar refractivity (Wildman–Crippen MR) is 101 cm³/mol. The average molecular weight is 392 g/mol. The minimum Gasteiger partial charge on any atom is -0.452 e. The minimum absolute atomic E-state index is 0.0430. The summed E-state index contributed by atoms with van der Waals surface area (Å²) in [4.78, 5) is 48.2. The summed E-state index contributed by atoms with van der Waals surface area (Å²) in [5.74, 6) is -1.82. The maximum Gasteiger partial charge on any atom is 0.341 e. The van der Waals surface area contributed by atoms with E-state index in [0.717, 1.165) is 32.0 Å². The number of hydrogen-bond acceptors (Lipinski definition) is 7. The molecule has 1 heterocycles. The third-order valence-electron chi connectivity index (χ3n) is 4.09. The fourth-order valence-electron chi connectivity index (χ4n) is 2.85. The molecule has 0 unspecified atom stereocenters. The number of nitro groups is 1. The molecule has 1 aromatic carbocycles. The summed E-state index contributed by atoms with van der Waals surface area (Å²) in [6, 6.07) is 3.96. The lowest BCUT2D eigenvalue weighted by molar-refractivity contribution is -0.384. The average Bonchev–Trinajstić information content (AvgIpc) is 3.17. The highest BCUT2D eigenvalue weighted by atomic mass is 16.6. The van der Waals surface area contributed by atoms with Gasteiger partial charge in [-0.1, -0.05) is 0 Å². The molecular weight excluding hydrogens is 368 g/mol. The Balaban J connectivity index is 2.00. The summed E-state index contributed by atoms with van der Waals surface area (Å²) >= 11 is 0. The van der Waals surface area contributed by atoms with Crippen LogP contribution < -0.4 is 15.5 Å². The monoisotopic (exact) mass is 392 g/mol. The SMILES string of the molecule is CC(C)NC(=O)CNC(=O)COC(=O)c1cc([N+](=O)[O-])ccc1N1CCCC1. The van der Waals surface area contributed by atoms with Gasteiger partial charge in [-0.2, -0.15) is 0 Å². The summed E-state index contributed by atoms with van der Waals surface area (Å²) in [5, 5.41) is 16.0. The molecule has 152 valence electrons. The number of carbonyl (C=O) groups is 3. The van der Waals surface area contributed by atoms with Crippen molar-refractivity contribution in [3.8, 4) is 0 Å². The van der Waals surface area contributed by atoms with Crippen molar-refractivity contribution >= 4 is 29.2 Å². The molecule has 0 aliphatic carbocycles. The highest BCUT2D eigenvalue weighted by Gasteiger charge is 2.24. The van der Waals surface area contributed by atoms with E-state index >= 15 is 0 Å². The second-order valence-corrected chi connectivity index (χ2v) is 6.73. The van der Waals surface area contributed by atoms with Crippen LogP contribution in [0.15, 0.2) is 18.2 Å². The maximum atomic E-state index is 12.5. The zero-order valence-electron chi connectivity index (χ0n) is 15.9. The summed E-state index contributed by atoms with van der Waals surface area (Å²) in [6.45, 7) is 4.24. The van der Waals surface area contributed by atoms with Gasteiger partial charge in [0.25, 0.3) is 11.6 Å². The maximum absolute atomic E-state index is 12.5. The normalized spacial score (nSPS) is 13.3. The lowest BCUT2D eigenvalue weighted by Gasteiger charge is -2.20. The molecule has 1 saturated heterocycles. The van der Waals surface area contributed by atoms with Gasteiger partial charge in [-0.3, -0.25) is 19.7 Å². The number of ether oxygens (including phenoxy) is 1. The van der Waals surface area contributed by atoms with Crippen molar-refractivity contribution in [3.63, 3.8) is 0 Å². The molecule has 0 aromatic heterocycles. The van der Waals surface area contributed by atoms with Gasteiger partial charge in [0.2, 0.25) is 5.91 Å². The highest BCUT2D eigenvalue weighted by molar-refractivity contribution is 5.98. The Morgan fingerprint density at radius 2 is 1.89 bits per heavy atom. The topological polar surface area (TPSA) is 131 Å². The van der Waals surface area contributed by atoms with Gasteiger partial charge >= 0.3 is 5.97 Å². The molecular formula is C18H24N4O6. The summed E-state index contributed by atoms with van der Waals surface area (Å²) in [6.07, 6.45) is 1.93. The first-order chi connectivity index (χ1) is 13.3. The van der Waals surface area contributed by atoms with Crippen molar-refractivity contribution in [3.05, 3.63) is 33.9 Å². The van der Waals surface area contributed by atoms with Crippen LogP contribution in [0.2, 0.25) is 0 Å². The van der Waals surface area contributed by atoms with Crippen molar-refractivity contribution in [2.75, 3.05) is 31.1 Å². The molecule has 10 nitrogen and oxygen atoms in total. The zero-order chi connectivity index (χ0) is 20.7. The zero-order valence-corrected chi connectivity index (χ0v) is 15.9. The van der Waals surface area contributed by atoms with Crippen LogP contribution in [-0.2, 0) is 14.3 Å². The van der Waals surface area contributed by atoms with Crippen LogP contribution in [0.4, 0.5) is 11.4 Å². The summed E-state index contributed by atoms with van der Waals surface area (Å²) in [7, 11) is 0. The molecule has 1 aliphatic rings. The first-order valence-corrected chi connectivity index (χ1v) is 9.04. The number of benzene rings is 1. The standard InChI is InChI=1S/C18H24N4O6/c1-12(2)20-16(23)10-19-17(24)11-28-18(25)14-9-13(22(26)27)5-6-15(14)21-7-3-4-8-21/h5-6,9,12H,3-4,7-8,10-11H2,1-2H3,(H,19,24)(H,20,23). The van der Waals surface area contributed by atoms with Gasteiger partial charge in [-0.15, -0.1) is 0 Å². The predicted octanol–water partition coefficient (Wildman–Crippen LogP) is 0.993. The number of nitrogens with zero attached hydrogens (tertiary/aromatic N) is 2. The van der Waals surface area contributed by atoms with Gasteiger partial charge in [0, 0.05) is 31.3 Å². The molecule has 0 radical (unpaired) electrons. The number of carbonyl (C=O) groups excluding carboxylic acids is 3. The van der Waals surface area contributed by atoms with Crippen LogP contribution >= 0.6 is 0 Å². The molecule has 28 heavy (non-hydrogen) atoms. The van der Waals surface area contributed by atoms with E-state index in [-0.39, 0.29) is 29.7 Å². The second kappa shape index (κ2) is 9.67. The van der Waals surface area contributed by atoms with Gasteiger partial charge in [0.15, 0.2) is 6.61 Å². The van der Waals surface area contributed by atoms with E-state index in [1.807, 2.05) is 4.90 Å². The van der Waals surface area contributed by atoms with Crippen LogP contribution in [0.3, 0.4) is 0 Å². The van der Waals surface area contributed by atoms with E-state index in [2.05, 4.69) is 10.6 Å². The van der Waals surface area contributed by atoms with Crippen LogP contribution in [0.25, 0.3) is 0 Å². The highest BCUT2D eigenvalue weighted by Crippen LogP contribution is 2.28. The van der Waals surface area contributed by atoms with Crippen molar-refractivity contribution in [2.45, 2.75) is 32.7 Å². The largest absolute Gasteiger partial charge is 0.452 e. The van der Waals surface area contributed by atoms with Gasteiger partial charge in [0.1, 0.15) is 0 Å². The molecule has 10 heteroatoms. The molecule has 0 saturated carbocycles. The van der Waals surface area contributed by atoms with Crippen molar-refractivity contribution in [2.24, 2.45) is 0 Å². The van der Waals surface area contributed by atoms with E-state index in [9.17, 15) is 24.5 Å². The summed E-state index contributed by atoms with van der Waals surface area (Å²) in [5.41, 5.74) is 0.357. The molecule has 1 fully saturated rings. The Morgan fingerprint density at radius 1 is 1.21 bits per heavy atom. The smallest absolute Gasteiger partial charge is 0.341 e. The number of rotatable bonds is 8. The molecule has 0 bridgehead atoms. The first-order valence-electron chi connectivity index (χ1n) is 9.04. The Kier molecular flexibility index (Phi) is 7.30. The molecule has 1 aliphatic heterocycles. The Bertz CT molecular complexity index is 758. The van der Waals surface area contributed by atoms with E-state index in [0.29, 0.717) is 5.69 Å². The van der Waals surface area contributed by atoms with Crippen LogP contribution in [0.5, 0.6) is 0 Å². The van der Waals surface area contributed by atoms with Crippen LogP contribution in [0, 0.1) is 10.1 Å². The number of anilines is 1. The van der Waals surface area contributed by atoms with Crippen molar-refractivity contribution < 1.29 is 24.0 Å². The molecule has 2 N–H and O–H groups in total. The van der Waals surface area contributed by atoms with Crippen molar-refractivity contribution in [1.29, 1.82) is 0 Å². The van der Waals surface area contributed by atoms with E-state index < -0.39 is 23.4 Å². The Morgan fingerprint density at radius 3 is 2.50 bits per heavy atom. The number of nitrogens with one attached hydrogen (secondary N) is 2. The Hall–Kier alpha value is -3.17. The summed E-state index contributed by atoms with van der Waals surface area (Å²) < 4.78 is 5.01. The fourth-order valence-corrected chi connectivity index (χ4v) is 2.85. The molecule has 0 spiro atoms. The first kappa shape index (κ1) is 21.1. The van der Waals surface area contributed by atoms with Crippen molar-refractivity contribution in [1.82, 2.24) is 10.6 Å². The van der Waals surface area contributed by atoms with Gasteiger partial charge < -0.3 is 20.3 Å². The van der Waals surface area contributed by atoms with E-state index in [4.69, 9.17) is 4.74 Å². The number of hydrogen-bond donors (Lipinski definition) is 2. The van der Waals surface area contributed by atoms with Crippen LogP contribution in [-0.4, -0.2) is 55.0 Å². The minimum atomic E-state index is -0.826. The molecule has 2 rings (SSSR count). The van der Waals surface area contributed by atoms with E-state index in [1.165, 1.54) is 12.1 Å². The fraction of sp³-hybridized carbons (Fsp3) is 0.500. The lowest BCUT2D eigenvalue weighted by Crippen LogP contribution is -2.41. The van der Waals surface area contributed by atoms with Gasteiger partial charge in [-0.25, -0.2) is 4.79 Å². The van der Waals surface area contributed by atoms with E-state index in [1.54, 1.807) is 13.8 Å². The molecule has 1 aromatic rings. The second-order valence-electron chi connectivity index (χ2n) is 6.73. The van der Waals surface area contributed by atoms with Gasteiger partial charge in [0.05, 0.1) is 22.7 Å². The van der Waals surface area contributed by atoms with Crippen LogP contribution in [0.1, 0.15) is 37.0 Å². The number of nitro benzene ring substituents is 1. The third-order valence-corrected chi connectivity index (χ3v) is 4.09. The van der Waals surface area contributed by atoms with Gasteiger partial charge in [-0.05, 0) is 32.8 Å².